The summed E-state index contributed by atoms with van der Waals surface area (Å²) in [4.78, 5) is 11.8. The predicted octanol–water partition coefficient (Wildman–Crippen LogP) is 3.41. The largest absolute Gasteiger partial charge is 0.494 e. The zero-order valence-electron chi connectivity index (χ0n) is 12.0. The Hall–Kier alpha value is -2.63. The molecule has 0 fully saturated rings. The summed E-state index contributed by atoms with van der Waals surface area (Å²) in [7, 11) is 0. The molecular weight excluding hydrogens is 290 g/mol. The molecule has 2 rings (SSSR count). The number of halogens is 2. The summed E-state index contributed by atoms with van der Waals surface area (Å²) >= 11 is 0. The molecule has 0 aromatic heterocycles. The van der Waals surface area contributed by atoms with Gasteiger partial charge < -0.3 is 15.4 Å². The number of rotatable bonds is 6. The third-order valence-electron chi connectivity index (χ3n) is 2.84. The summed E-state index contributed by atoms with van der Waals surface area (Å²) in [6.45, 7) is 2.19. The highest BCUT2D eigenvalue weighted by atomic mass is 19.1. The fourth-order valence-electron chi connectivity index (χ4n) is 1.84. The SMILES string of the molecule is CCOc1ccc(NC(=O)CNc2c(F)cccc2F)cc1. The zero-order valence-corrected chi connectivity index (χ0v) is 12.0. The van der Waals surface area contributed by atoms with Crippen LogP contribution in [0.4, 0.5) is 20.2 Å². The lowest BCUT2D eigenvalue weighted by molar-refractivity contribution is -0.114. The van der Waals surface area contributed by atoms with Gasteiger partial charge in [-0.1, -0.05) is 6.07 Å². The number of anilines is 2. The molecule has 1 amide bonds. The maximum atomic E-state index is 13.4. The Morgan fingerprint density at radius 2 is 1.73 bits per heavy atom. The van der Waals surface area contributed by atoms with E-state index in [9.17, 15) is 13.6 Å². The van der Waals surface area contributed by atoms with Crippen molar-refractivity contribution in [1.82, 2.24) is 0 Å². The van der Waals surface area contributed by atoms with Crippen LogP contribution in [0.1, 0.15) is 6.92 Å². The molecule has 0 radical (unpaired) electrons. The second-order valence-corrected chi connectivity index (χ2v) is 4.46. The Morgan fingerprint density at radius 3 is 2.32 bits per heavy atom. The second kappa shape index (κ2) is 7.40. The van der Waals surface area contributed by atoms with E-state index in [4.69, 9.17) is 4.74 Å². The van der Waals surface area contributed by atoms with Crippen LogP contribution >= 0.6 is 0 Å². The third kappa shape index (κ3) is 4.18. The van der Waals surface area contributed by atoms with E-state index >= 15 is 0 Å². The van der Waals surface area contributed by atoms with E-state index in [-0.39, 0.29) is 12.2 Å². The molecule has 0 saturated heterocycles. The summed E-state index contributed by atoms with van der Waals surface area (Å²) in [5, 5.41) is 5.06. The summed E-state index contributed by atoms with van der Waals surface area (Å²) in [5.74, 6) is -1.19. The molecule has 6 heteroatoms. The van der Waals surface area contributed by atoms with Crippen LogP contribution in [0.25, 0.3) is 0 Å². The number of hydrogen-bond acceptors (Lipinski definition) is 3. The van der Waals surface area contributed by atoms with Gasteiger partial charge in [0.05, 0.1) is 13.2 Å². The maximum Gasteiger partial charge on any atom is 0.243 e. The molecule has 0 atom stereocenters. The monoisotopic (exact) mass is 306 g/mol. The zero-order chi connectivity index (χ0) is 15.9. The topological polar surface area (TPSA) is 50.4 Å². The highest BCUT2D eigenvalue weighted by Gasteiger charge is 2.09. The first kappa shape index (κ1) is 15.8. The van der Waals surface area contributed by atoms with Gasteiger partial charge >= 0.3 is 0 Å². The minimum Gasteiger partial charge on any atom is -0.494 e. The van der Waals surface area contributed by atoms with Crippen molar-refractivity contribution in [1.29, 1.82) is 0 Å². The lowest BCUT2D eigenvalue weighted by Crippen LogP contribution is -2.22. The molecule has 0 heterocycles. The van der Waals surface area contributed by atoms with E-state index in [1.165, 1.54) is 6.07 Å². The van der Waals surface area contributed by atoms with Gasteiger partial charge in [0.2, 0.25) is 5.91 Å². The highest BCUT2D eigenvalue weighted by Crippen LogP contribution is 2.18. The molecule has 0 aliphatic rings. The Labute approximate surface area is 127 Å². The first-order valence-electron chi connectivity index (χ1n) is 6.80. The van der Waals surface area contributed by atoms with Gasteiger partial charge in [0.1, 0.15) is 23.1 Å². The van der Waals surface area contributed by atoms with Crippen LogP contribution in [0, 0.1) is 11.6 Å². The van der Waals surface area contributed by atoms with Crippen molar-refractivity contribution in [2.24, 2.45) is 0 Å². The molecule has 0 aliphatic carbocycles. The molecular formula is C16H16F2N2O2. The van der Waals surface area contributed by atoms with Crippen molar-refractivity contribution < 1.29 is 18.3 Å². The van der Waals surface area contributed by atoms with Gasteiger partial charge in [-0.3, -0.25) is 4.79 Å². The maximum absolute atomic E-state index is 13.4. The summed E-state index contributed by atoms with van der Waals surface area (Å²) < 4.78 is 32.1. The molecule has 2 N–H and O–H groups in total. The lowest BCUT2D eigenvalue weighted by Gasteiger charge is -2.10. The van der Waals surface area contributed by atoms with Gasteiger partial charge in [-0.05, 0) is 43.3 Å². The van der Waals surface area contributed by atoms with Crippen molar-refractivity contribution in [3.05, 3.63) is 54.1 Å². The molecule has 22 heavy (non-hydrogen) atoms. The molecule has 0 spiro atoms. The number of para-hydroxylation sites is 1. The number of hydrogen-bond donors (Lipinski definition) is 2. The van der Waals surface area contributed by atoms with Crippen molar-refractivity contribution in [3.8, 4) is 5.75 Å². The number of carbonyl (C=O) groups excluding carboxylic acids is 1. The van der Waals surface area contributed by atoms with Gasteiger partial charge in [0, 0.05) is 5.69 Å². The Bertz CT molecular complexity index is 625. The summed E-state index contributed by atoms with van der Waals surface area (Å²) in [6, 6.07) is 10.3. The predicted molar refractivity (Wildman–Crippen MR) is 81.1 cm³/mol. The summed E-state index contributed by atoms with van der Waals surface area (Å²) in [5.41, 5.74) is 0.258. The van der Waals surface area contributed by atoms with E-state index in [1.54, 1.807) is 24.3 Å². The number of carbonyl (C=O) groups is 1. The van der Waals surface area contributed by atoms with Crippen molar-refractivity contribution in [2.75, 3.05) is 23.8 Å². The van der Waals surface area contributed by atoms with Gasteiger partial charge in [0.25, 0.3) is 0 Å². The van der Waals surface area contributed by atoms with E-state index in [0.29, 0.717) is 18.0 Å². The van der Waals surface area contributed by atoms with Crippen LogP contribution in [0.15, 0.2) is 42.5 Å². The molecule has 2 aromatic carbocycles. The molecule has 2 aromatic rings. The van der Waals surface area contributed by atoms with E-state index in [1.807, 2.05) is 6.92 Å². The first-order chi connectivity index (χ1) is 10.6. The van der Waals surface area contributed by atoms with Crippen molar-refractivity contribution in [3.63, 3.8) is 0 Å². The Balaban J connectivity index is 1.90. The fourth-order valence-corrected chi connectivity index (χ4v) is 1.84. The molecule has 0 aliphatic heterocycles. The Morgan fingerprint density at radius 1 is 1.09 bits per heavy atom. The van der Waals surface area contributed by atoms with Crippen molar-refractivity contribution in [2.45, 2.75) is 6.92 Å². The minimum absolute atomic E-state index is 0.245. The van der Waals surface area contributed by atoms with Crippen LogP contribution in [0.3, 0.4) is 0 Å². The number of nitrogens with one attached hydrogen (secondary N) is 2. The van der Waals surface area contributed by atoms with Crippen LogP contribution in [0.2, 0.25) is 0 Å². The van der Waals surface area contributed by atoms with E-state index < -0.39 is 17.5 Å². The average Bonchev–Trinajstić information content (AvgIpc) is 2.49. The van der Waals surface area contributed by atoms with Gasteiger partial charge in [-0.25, -0.2) is 8.78 Å². The average molecular weight is 306 g/mol. The van der Waals surface area contributed by atoms with Crippen LogP contribution in [-0.2, 0) is 4.79 Å². The van der Waals surface area contributed by atoms with Gasteiger partial charge in [-0.2, -0.15) is 0 Å². The fraction of sp³-hybridized carbons (Fsp3) is 0.188. The lowest BCUT2D eigenvalue weighted by atomic mass is 10.3. The normalized spacial score (nSPS) is 10.1. The first-order valence-corrected chi connectivity index (χ1v) is 6.80. The molecule has 4 nitrogen and oxygen atoms in total. The molecule has 116 valence electrons. The number of amides is 1. The Kier molecular flexibility index (Phi) is 5.30. The number of ether oxygens (including phenoxy) is 1. The third-order valence-corrected chi connectivity index (χ3v) is 2.84. The van der Waals surface area contributed by atoms with Crippen LogP contribution in [-0.4, -0.2) is 19.1 Å². The number of benzene rings is 2. The summed E-state index contributed by atoms with van der Waals surface area (Å²) in [6.07, 6.45) is 0. The standard InChI is InChI=1S/C16H16F2N2O2/c1-2-22-12-8-6-11(7-9-12)20-15(21)10-19-16-13(17)4-3-5-14(16)18/h3-9,19H,2,10H2,1H3,(H,20,21). The molecule has 0 bridgehead atoms. The second-order valence-electron chi connectivity index (χ2n) is 4.46. The van der Waals surface area contributed by atoms with Crippen LogP contribution in [0.5, 0.6) is 5.75 Å². The quantitative estimate of drug-likeness (QED) is 0.860. The molecule has 0 unspecified atom stereocenters. The van der Waals surface area contributed by atoms with Gasteiger partial charge in [0.15, 0.2) is 0 Å². The van der Waals surface area contributed by atoms with Crippen molar-refractivity contribution >= 4 is 17.3 Å². The van der Waals surface area contributed by atoms with Gasteiger partial charge in [-0.15, -0.1) is 0 Å². The van der Waals surface area contributed by atoms with E-state index in [2.05, 4.69) is 10.6 Å². The minimum atomic E-state index is -0.742. The van der Waals surface area contributed by atoms with E-state index in [0.717, 1.165) is 12.1 Å². The highest BCUT2D eigenvalue weighted by molar-refractivity contribution is 5.93. The smallest absolute Gasteiger partial charge is 0.243 e. The molecule has 0 saturated carbocycles. The van der Waals surface area contributed by atoms with Crippen LogP contribution < -0.4 is 15.4 Å².